The zero-order chi connectivity index (χ0) is 15.7. The standard InChI is InChI=1S/C18H18N2O2/c1-12-7-8-15(11-13(12)2)19-17(21)18(22)20-10-9-14-5-3-4-6-16(14)20/h3-8,11H,9-10H2,1-2H3,(H,19,21). The zero-order valence-corrected chi connectivity index (χ0v) is 12.7. The fourth-order valence-electron chi connectivity index (χ4n) is 2.68. The van der Waals surface area contributed by atoms with Crippen LogP contribution < -0.4 is 10.2 Å². The van der Waals surface area contributed by atoms with Crippen molar-refractivity contribution in [3.63, 3.8) is 0 Å². The Hall–Kier alpha value is -2.62. The minimum Gasteiger partial charge on any atom is -0.318 e. The van der Waals surface area contributed by atoms with E-state index in [2.05, 4.69) is 5.32 Å². The van der Waals surface area contributed by atoms with E-state index < -0.39 is 11.8 Å². The number of anilines is 2. The van der Waals surface area contributed by atoms with Gasteiger partial charge >= 0.3 is 11.8 Å². The van der Waals surface area contributed by atoms with Gasteiger partial charge in [-0.25, -0.2) is 0 Å². The summed E-state index contributed by atoms with van der Waals surface area (Å²) < 4.78 is 0. The van der Waals surface area contributed by atoms with Crippen molar-refractivity contribution >= 4 is 23.2 Å². The molecule has 0 saturated carbocycles. The lowest BCUT2D eigenvalue weighted by molar-refractivity contribution is -0.134. The zero-order valence-electron chi connectivity index (χ0n) is 12.7. The monoisotopic (exact) mass is 294 g/mol. The second kappa shape index (κ2) is 5.64. The summed E-state index contributed by atoms with van der Waals surface area (Å²) in [6.07, 6.45) is 0.791. The number of para-hydroxylation sites is 1. The molecule has 1 aliphatic rings. The van der Waals surface area contributed by atoms with Crippen LogP contribution in [0.3, 0.4) is 0 Å². The second-order valence-corrected chi connectivity index (χ2v) is 5.59. The Morgan fingerprint density at radius 3 is 2.59 bits per heavy atom. The number of benzene rings is 2. The topological polar surface area (TPSA) is 49.4 Å². The Labute approximate surface area is 129 Å². The van der Waals surface area contributed by atoms with E-state index in [0.717, 1.165) is 28.8 Å². The highest BCUT2D eigenvalue weighted by molar-refractivity contribution is 6.44. The van der Waals surface area contributed by atoms with Gasteiger partial charge in [0.2, 0.25) is 0 Å². The molecule has 4 heteroatoms. The van der Waals surface area contributed by atoms with Crippen molar-refractivity contribution in [1.82, 2.24) is 0 Å². The van der Waals surface area contributed by atoms with Crippen molar-refractivity contribution in [2.24, 2.45) is 0 Å². The van der Waals surface area contributed by atoms with Crippen LogP contribution in [-0.2, 0) is 16.0 Å². The molecule has 0 aromatic heterocycles. The highest BCUT2D eigenvalue weighted by Crippen LogP contribution is 2.27. The number of hydrogen-bond donors (Lipinski definition) is 1. The Kier molecular flexibility index (Phi) is 3.67. The van der Waals surface area contributed by atoms with Crippen LogP contribution in [0.4, 0.5) is 11.4 Å². The fraction of sp³-hybridized carbons (Fsp3) is 0.222. The van der Waals surface area contributed by atoms with Crippen LogP contribution in [0.5, 0.6) is 0 Å². The van der Waals surface area contributed by atoms with Crippen LogP contribution in [0.15, 0.2) is 42.5 Å². The molecule has 0 saturated heterocycles. The molecule has 0 spiro atoms. The van der Waals surface area contributed by atoms with E-state index in [1.807, 2.05) is 56.3 Å². The fourth-order valence-corrected chi connectivity index (χ4v) is 2.68. The van der Waals surface area contributed by atoms with Crippen molar-refractivity contribution in [3.8, 4) is 0 Å². The van der Waals surface area contributed by atoms with Crippen molar-refractivity contribution in [2.45, 2.75) is 20.3 Å². The summed E-state index contributed by atoms with van der Waals surface area (Å²) in [5.74, 6) is -1.11. The smallest absolute Gasteiger partial charge is 0.316 e. The quantitative estimate of drug-likeness (QED) is 0.822. The molecule has 0 unspecified atom stereocenters. The predicted molar refractivity (Wildman–Crippen MR) is 87.0 cm³/mol. The van der Waals surface area contributed by atoms with E-state index in [-0.39, 0.29) is 0 Å². The average Bonchev–Trinajstić information content (AvgIpc) is 2.94. The summed E-state index contributed by atoms with van der Waals surface area (Å²) in [6.45, 7) is 4.54. The molecule has 2 aromatic carbocycles. The maximum atomic E-state index is 12.4. The number of amides is 2. The van der Waals surface area contributed by atoms with Crippen LogP contribution in [0.1, 0.15) is 16.7 Å². The number of aryl methyl sites for hydroxylation is 2. The molecule has 2 aromatic rings. The minimum atomic E-state index is -0.597. The Morgan fingerprint density at radius 1 is 1.05 bits per heavy atom. The lowest BCUT2D eigenvalue weighted by Gasteiger charge is -2.17. The highest BCUT2D eigenvalue weighted by atomic mass is 16.2. The van der Waals surface area contributed by atoms with Gasteiger partial charge in [0.05, 0.1) is 0 Å². The van der Waals surface area contributed by atoms with Gasteiger partial charge in [-0.3, -0.25) is 9.59 Å². The number of hydrogen-bond acceptors (Lipinski definition) is 2. The summed E-state index contributed by atoms with van der Waals surface area (Å²) >= 11 is 0. The molecule has 1 aliphatic heterocycles. The van der Waals surface area contributed by atoms with Crippen molar-refractivity contribution in [3.05, 3.63) is 59.2 Å². The number of fused-ring (bicyclic) bond motifs is 1. The summed E-state index contributed by atoms with van der Waals surface area (Å²) in [7, 11) is 0. The summed E-state index contributed by atoms with van der Waals surface area (Å²) in [5, 5.41) is 2.69. The van der Waals surface area contributed by atoms with E-state index in [0.29, 0.717) is 12.2 Å². The first kappa shape index (κ1) is 14.3. The lowest BCUT2D eigenvalue weighted by atomic mass is 10.1. The van der Waals surface area contributed by atoms with E-state index in [1.165, 1.54) is 0 Å². The van der Waals surface area contributed by atoms with Crippen LogP contribution in [-0.4, -0.2) is 18.4 Å². The molecule has 112 valence electrons. The average molecular weight is 294 g/mol. The molecule has 4 nitrogen and oxygen atoms in total. The molecule has 1 heterocycles. The first-order chi connectivity index (χ1) is 10.6. The first-order valence-corrected chi connectivity index (χ1v) is 7.34. The number of nitrogens with one attached hydrogen (secondary N) is 1. The summed E-state index contributed by atoms with van der Waals surface area (Å²) in [6, 6.07) is 13.3. The van der Waals surface area contributed by atoms with Crippen molar-refractivity contribution in [1.29, 1.82) is 0 Å². The van der Waals surface area contributed by atoms with Crippen LogP contribution in [0.2, 0.25) is 0 Å². The highest BCUT2D eigenvalue weighted by Gasteiger charge is 2.28. The molecule has 0 fully saturated rings. The van der Waals surface area contributed by atoms with E-state index in [4.69, 9.17) is 0 Å². The Morgan fingerprint density at radius 2 is 1.82 bits per heavy atom. The third-order valence-electron chi connectivity index (χ3n) is 4.09. The number of carbonyl (C=O) groups excluding carboxylic acids is 2. The first-order valence-electron chi connectivity index (χ1n) is 7.34. The minimum absolute atomic E-state index is 0.511. The summed E-state index contributed by atoms with van der Waals surface area (Å²) in [5.41, 5.74) is 4.82. The third-order valence-corrected chi connectivity index (χ3v) is 4.09. The molecule has 1 N–H and O–H groups in total. The SMILES string of the molecule is Cc1ccc(NC(=O)C(=O)N2CCc3ccccc32)cc1C. The van der Waals surface area contributed by atoms with Gasteiger partial charge in [0.1, 0.15) is 0 Å². The van der Waals surface area contributed by atoms with Crippen LogP contribution in [0, 0.1) is 13.8 Å². The molecular weight excluding hydrogens is 276 g/mol. The van der Waals surface area contributed by atoms with Gasteiger partial charge in [-0.15, -0.1) is 0 Å². The number of carbonyl (C=O) groups is 2. The summed E-state index contributed by atoms with van der Waals surface area (Å²) in [4.78, 5) is 26.1. The maximum Gasteiger partial charge on any atom is 0.316 e. The molecule has 3 rings (SSSR count). The Balaban J connectivity index is 1.75. The largest absolute Gasteiger partial charge is 0.318 e. The van der Waals surface area contributed by atoms with Crippen LogP contribution >= 0.6 is 0 Å². The Bertz CT molecular complexity index is 753. The molecule has 22 heavy (non-hydrogen) atoms. The molecule has 0 aliphatic carbocycles. The van der Waals surface area contributed by atoms with E-state index in [9.17, 15) is 9.59 Å². The van der Waals surface area contributed by atoms with Gasteiger partial charge in [0, 0.05) is 17.9 Å². The molecular formula is C18H18N2O2. The third kappa shape index (κ3) is 2.60. The van der Waals surface area contributed by atoms with Gasteiger partial charge in [-0.2, -0.15) is 0 Å². The molecule has 2 amide bonds. The normalized spacial score (nSPS) is 12.9. The number of rotatable bonds is 1. The predicted octanol–water partition coefficient (Wildman–Crippen LogP) is 2.83. The van der Waals surface area contributed by atoms with Gasteiger partial charge in [-0.1, -0.05) is 24.3 Å². The van der Waals surface area contributed by atoms with Gasteiger partial charge < -0.3 is 10.2 Å². The van der Waals surface area contributed by atoms with E-state index >= 15 is 0 Å². The molecule has 0 atom stereocenters. The number of nitrogens with zero attached hydrogens (tertiary/aromatic N) is 1. The van der Waals surface area contributed by atoms with Crippen LogP contribution in [0.25, 0.3) is 0 Å². The van der Waals surface area contributed by atoms with E-state index in [1.54, 1.807) is 4.90 Å². The molecule has 0 bridgehead atoms. The van der Waals surface area contributed by atoms with Crippen molar-refractivity contribution in [2.75, 3.05) is 16.8 Å². The van der Waals surface area contributed by atoms with Gasteiger partial charge in [0.15, 0.2) is 0 Å². The van der Waals surface area contributed by atoms with Crippen molar-refractivity contribution < 1.29 is 9.59 Å². The van der Waals surface area contributed by atoms with Gasteiger partial charge in [0.25, 0.3) is 0 Å². The van der Waals surface area contributed by atoms with Gasteiger partial charge in [-0.05, 0) is 55.2 Å². The molecule has 0 radical (unpaired) electrons. The second-order valence-electron chi connectivity index (χ2n) is 5.59. The maximum absolute atomic E-state index is 12.4. The lowest BCUT2D eigenvalue weighted by Crippen LogP contribution is -2.38.